The summed E-state index contributed by atoms with van der Waals surface area (Å²) in [6.07, 6.45) is 0.924. The summed E-state index contributed by atoms with van der Waals surface area (Å²) >= 11 is 0. The zero-order valence-electron chi connectivity index (χ0n) is 21.4. The van der Waals surface area contributed by atoms with Crippen LogP contribution in [0.15, 0.2) is 84.9 Å². The van der Waals surface area contributed by atoms with E-state index in [1.807, 2.05) is 0 Å². The van der Waals surface area contributed by atoms with Gasteiger partial charge in [0, 0.05) is 5.56 Å². The van der Waals surface area contributed by atoms with Crippen LogP contribution in [0.5, 0.6) is 5.75 Å². The van der Waals surface area contributed by atoms with E-state index in [1.165, 1.54) is 38.6 Å². The SMILES string of the molecule is CC(C)(C)c1ccc(C2(c3ccc(C(C)(C)C)cc3)COc3ccc4ccccc4c3C2)cc1. The monoisotopic (exact) mass is 448 g/mol. The maximum absolute atomic E-state index is 6.55. The Morgan fingerprint density at radius 3 is 1.68 bits per heavy atom. The first-order valence-electron chi connectivity index (χ1n) is 12.4. The highest BCUT2D eigenvalue weighted by molar-refractivity contribution is 5.88. The molecule has 0 N–H and O–H groups in total. The van der Waals surface area contributed by atoms with Crippen LogP contribution in [0.2, 0.25) is 0 Å². The van der Waals surface area contributed by atoms with E-state index in [-0.39, 0.29) is 16.2 Å². The van der Waals surface area contributed by atoms with Crippen molar-refractivity contribution in [3.05, 3.63) is 113 Å². The molecule has 174 valence electrons. The fourth-order valence-electron chi connectivity index (χ4n) is 5.30. The van der Waals surface area contributed by atoms with E-state index in [1.54, 1.807) is 0 Å². The molecule has 0 fully saturated rings. The van der Waals surface area contributed by atoms with Crippen molar-refractivity contribution in [2.24, 2.45) is 0 Å². The van der Waals surface area contributed by atoms with Gasteiger partial charge in [-0.15, -0.1) is 0 Å². The van der Waals surface area contributed by atoms with Crippen molar-refractivity contribution in [2.45, 2.75) is 64.2 Å². The standard InChI is InChI=1S/C33H36O/c1-31(2,3)24-12-16-26(17-13-24)33(27-18-14-25(15-19-27)32(4,5)6)21-29-28-10-8-7-9-23(28)11-20-30(29)34-22-33/h7-20H,21-22H2,1-6H3. The summed E-state index contributed by atoms with van der Waals surface area (Å²) in [4.78, 5) is 0. The van der Waals surface area contributed by atoms with Crippen LogP contribution in [0, 0.1) is 0 Å². The first-order valence-corrected chi connectivity index (χ1v) is 12.4. The van der Waals surface area contributed by atoms with Gasteiger partial charge in [0.15, 0.2) is 0 Å². The highest BCUT2D eigenvalue weighted by atomic mass is 16.5. The van der Waals surface area contributed by atoms with E-state index in [4.69, 9.17) is 4.74 Å². The average Bonchev–Trinajstić information content (AvgIpc) is 2.83. The van der Waals surface area contributed by atoms with Gasteiger partial charge in [0.2, 0.25) is 0 Å². The second kappa shape index (κ2) is 8.01. The van der Waals surface area contributed by atoms with Gasteiger partial charge in [-0.05, 0) is 56.3 Å². The third-order valence-corrected chi connectivity index (χ3v) is 7.56. The Balaban J connectivity index is 1.68. The normalized spacial score (nSPS) is 15.6. The Hall–Kier alpha value is -3.06. The largest absolute Gasteiger partial charge is 0.492 e. The molecular weight excluding hydrogens is 412 g/mol. The molecule has 1 aliphatic rings. The van der Waals surface area contributed by atoms with E-state index in [0.717, 1.165) is 12.2 Å². The number of rotatable bonds is 2. The zero-order valence-corrected chi connectivity index (χ0v) is 21.4. The van der Waals surface area contributed by atoms with Gasteiger partial charge in [0.1, 0.15) is 12.4 Å². The number of benzene rings is 4. The minimum Gasteiger partial charge on any atom is -0.492 e. The van der Waals surface area contributed by atoms with Crippen molar-refractivity contribution in [1.29, 1.82) is 0 Å². The van der Waals surface area contributed by atoms with Crippen molar-refractivity contribution in [2.75, 3.05) is 6.61 Å². The Bertz CT molecular complexity index is 1260. The number of fused-ring (bicyclic) bond motifs is 3. The first kappa shape index (κ1) is 22.7. The molecule has 34 heavy (non-hydrogen) atoms. The molecule has 0 aromatic heterocycles. The molecule has 1 heterocycles. The van der Waals surface area contributed by atoms with Gasteiger partial charge in [0.05, 0.1) is 5.41 Å². The van der Waals surface area contributed by atoms with E-state index >= 15 is 0 Å². The molecule has 0 saturated carbocycles. The molecule has 0 bridgehead atoms. The lowest BCUT2D eigenvalue weighted by molar-refractivity contribution is 0.216. The maximum atomic E-state index is 6.55. The molecule has 5 rings (SSSR count). The van der Waals surface area contributed by atoms with Gasteiger partial charge in [0.25, 0.3) is 0 Å². The maximum Gasteiger partial charge on any atom is 0.123 e. The summed E-state index contributed by atoms with van der Waals surface area (Å²) in [6.45, 7) is 14.3. The van der Waals surface area contributed by atoms with Crippen LogP contribution in [-0.4, -0.2) is 6.61 Å². The van der Waals surface area contributed by atoms with Gasteiger partial charge in [-0.2, -0.15) is 0 Å². The second-order valence-electron chi connectivity index (χ2n) is 12.0. The third kappa shape index (κ3) is 3.92. The van der Waals surface area contributed by atoms with Crippen LogP contribution in [0.1, 0.15) is 69.4 Å². The smallest absolute Gasteiger partial charge is 0.123 e. The molecule has 0 spiro atoms. The fourth-order valence-corrected chi connectivity index (χ4v) is 5.30. The molecule has 4 aromatic carbocycles. The Morgan fingerprint density at radius 1 is 0.618 bits per heavy atom. The molecule has 1 aliphatic heterocycles. The molecule has 1 heteroatoms. The highest BCUT2D eigenvalue weighted by Crippen LogP contribution is 2.45. The molecule has 0 atom stereocenters. The van der Waals surface area contributed by atoms with Crippen LogP contribution >= 0.6 is 0 Å². The number of hydrogen-bond donors (Lipinski definition) is 0. The van der Waals surface area contributed by atoms with Crippen molar-refractivity contribution in [1.82, 2.24) is 0 Å². The summed E-state index contributed by atoms with van der Waals surface area (Å²) in [5, 5.41) is 2.56. The van der Waals surface area contributed by atoms with Crippen molar-refractivity contribution in [3.63, 3.8) is 0 Å². The predicted octanol–water partition coefficient (Wildman–Crippen LogP) is 8.36. The lowest BCUT2D eigenvalue weighted by Gasteiger charge is -2.40. The van der Waals surface area contributed by atoms with Crippen molar-refractivity contribution >= 4 is 10.8 Å². The quantitative estimate of drug-likeness (QED) is 0.299. The predicted molar refractivity (Wildman–Crippen MR) is 144 cm³/mol. The molecule has 0 saturated heterocycles. The molecule has 0 aliphatic carbocycles. The lowest BCUT2D eigenvalue weighted by Crippen LogP contribution is -2.40. The molecule has 0 unspecified atom stereocenters. The van der Waals surface area contributed by atoms with Crippen LogP contribution in [-0.2, 0) is 22.7 Å². The number of ether oxygens (including phenoxy) is 1. The van der Waals surface area contributed by atoms with Gasteiger partial charge < -0.3 is 4.74 Å². The zero-order chi connectivity index (χ0) is 24.1. The topological polar surface area (TPSA) is 9.23 Å². The van der Waals surface area contributed by atoms with Crippen LogP contribution in [0.3, 0.4) is 0 Å². The molecule has 0 radical (unpaired) electrons. The minimum absolute atomic E-state index is 0.131. The highest BCUT2D eigenvalue weighted by Gasteiger charge is 2.40. The molecule has 4 aromatic rings. The summed E-state index contributed by atoms with van der Waals surface area (Å²) in [5.41, 5.74) is 6.70. The summed E-state index contributed by atoms with van der Waals surface area (Å²) in [5.74, 6) is 1.02. The Labute approximate surface area is 204 Å². The van der Waals surface area contributed by atoms with E-state index in [9.17, 15) is 0 Å². The van der Waals surface area contributed by atoms with Crippen molar-refractivity contribution < 1.29 is 4.74 Å². The van der Waals surface area contributed by atoms with E-state index in [2.05, 4.69) is 126 Å². The number of hydrogen-bond acceptors (Lipinski definition) is 1. The molecule has 0 amide bonds. The molecule has 1 nitrogen and oxygen atoms in total. The van der Waals surface area contributed by atoms with Crippen molar-refractivity contribution in [3.8, 4) is 5.75 Å². The van der Waals surface area contributed by atoms with Gasteiger partial charge in [-0.25, -0.2) is 0 Å². The summed E-state index contributed by atoms with van der Waals surface area (Å²) in [6, 6.07) is 31.5. The van der Waals surface area contributed by atoms with Crippen LogP contribution < -0.4 is 4.74 Å². The van der Waals surface area contributed by atoms with Gasteiger partial charge in [-0.1, -0.05) is 120 Å². The van der Waals surface area contributed by atoms with Gasteiger partial charge in [-0.3, -0.25) is 0 Å². The van der Waals surface area contributed by atoms with Crippen LogP contribution in [0.4, 0.5) is 0 Å². The minimum atomic E-state index is -0.232. The van der Waals surface area contributed by atoms with E-state index < -0.39 is 0 Å². The fraction of sp³-hybridized carbons (Fsp3) is 0.333. The van der Waals surface area contributed by atoms with Crippen LogP contribution in [0.25, 0.3) is 10.8 Å². The van der Waals surface area contributed by atoms with Gasteiger partial charge >= 0.3 is 0 Å². The third-order valence-electron chi connectivity index (χ3n) is 7.56. The average molecular weight is 449 g/mol. The lowest BCUT2D eigenvalue weighted by atomic mass is 9.68. The summed E-state index contributed by atoms with van der Waals surface area (Å²) < 4.78 is 6.55. The second-order valence-corrected chi connectivity index (χ2v) is 12.0. The molecular formula is C33H36O. The van der Waals surface area contributed by atoms with E-state index in [0.29, 0.717) is 6.61 Å². The summed E-state index contributed by atoms with van der Waals surface area (Å²) in [7, 11) is 0. The Kier molecular flexibility index (Phi) is 5.35. The first-order chi connectivity index (χ1) is 16.1. The Morgan fingerprint density at radius 2 is 1.15 bits per heavy atom.